The molecule has 16 heavy (non-hydrogen) atoms. The molecular weight excluding hydrogens is 204 g/mol. The molecule has 0 aliphatic heterocycles. The minimum absolute atomic E-state index is 0.0224. The molecule has 0 radical (unpaired) electrons. The molecule has 4 heteroatoms. The normalized spacial score (nSPS) is 9.75. The minimum atomic E-state index is 0.0224. The molecule has 0 saturated carbocycles. The summed E-state index contributed by atoms with van der Waals surface area (Å²) in [6, 6.07) is 3.66. The van der Waals surface area contributed by atoms with Crippen LogP contribution in [0.1, 0.15) is 12.7 Å². The first kappa shape index (κ1) is 12.3. The van der Waals surface area contributed by atoms with Gasteiger partial charge in [-0.2, -0.15) is 0 Å². The average molecular weight is 220 g/mol. The lowest BCUT2D eigenvalue weighted by Gasteiger charge is -2.19. The van der Waals surface area contributed by atoms with E-state index in [0.29, 0.717) is 19.6 Å². The Balaban J connectivity index is 2.41. The first-order valence-corrected chi connectivity index (χ1v) is 5.22. The predicted octanol–water partition coefficient (Wildman–Crippen LogP) is 0.851. The molecule has 0 spiro atoms. The highest BCUT2D eigenvalue weighted by Crippen LogP contribution is 2.05. The number of carbonyl (C=O) groups excluding carboxylic acids is 1. The molecule has 0 fully saturated rings. The van der Waals surface area contributed by atoms with E-state index in [1.165, 1.54) is 0 Å². The van der Waals surface area contributed by atoms with Crippen molar-refractivity contribution in [1.82, 2.24) is 10.2 Å². The summed E-state index contributed by atoms with van der Waals surface area (Å²) in [7, 11) is 0. The Morgan fingerprint density at radius 1 is 1.69 bits per heavy atom. The number of carbonyl (C=O) groups is 1. The predicted molar refractivity (Wildman–Crippen MR) is 61.5 cm³/mol. The van der Waals surface area contributed by atoms with Gasteiger partial charge in [-0.3, -0.25) is 10.1 Å². The molecule has 4 nitrogen and oxygen atoms in total. The summed E-state index contributed by atoms with van der Waals surface area (Å²) < 4.78 is 5.19. The summed E-state index contributed by atoms with van der Waals surface area (Å²) in [5, 5.41) is 2.87. The zero-order valence-corrected chi connectivity index (χ0v) is 9.40. The second-order valence-corrected chi connectivity index (χ2v) is 3.29. The third-order valence-corrected chi connectivity index (χ3v) is 2.16. The lowest BCUT2D eigenvalue weighted by atomic mass is 10.3. The van der Waals surface area contributed by atoms with Crippen LogP contribution in [0.3, 0.4) is 0 Å². The van der Waals surface area contributed by atoms with Crippen molar-refractivity contribution < 1.29 is 9.21 Å². The van der Waals surface area contributed by atoms with Crippen LogP contribution in [0.4, 0.5) is 0 Å². The lowest BCUT2D eigenvalue weighted by Crippen LogP contribution is -2.37. The van der Waals surface area contributed by atoms with Gasteiger partial charge in [0.25, 0.3) is 0 Å². The summed E-state index contributed by atoms with van der Waals surface area (Å²) in [6.07, 6.45) is 6.68. The molecule has 0 saturated heterocycles. The van der Waals surface area contributed by atoms with E-state index in [2.05, 4.69) is 11.2 Å². The Bertz CT molecular complexity index is 352. The van der Waals surface area contributed by atoms with Gasteiger partial charge in [0, 0.05) is 6.54 Å². The molecule has 1 aromatic rings. The Morgan fingerprint density at radius 3 is 3.06 bits per heavy atom. The quantitative estimate of drug-likeness (QED) is 0.571. The van der Waals surface area contributed by atoms with Crippen molar-refractivity contribution in [3.8, 4) is 12.3 Å². The molecule has 86 valence electrons. The standard InChI is InChI=1S/C12H16N2O2/c1-3-7-13-9-12(15)14(4-2)10-11-6-5-8-16-11/h1,5-6,8,13H,4,7,9-10H2,2H3. The summed E-state index contributed by atoms with van der Waals surface area (Å²) in [4.78, 5) is 13.4. The minimum Gasteiger partial charge on any atom is -0.467 e. The van der Waals surface area contributed by atoms with Crippen molar-refractivity contribution in [2.45, 2.75) is 13.5 Å². The number of hydrogen-bond acceptors (Lipinski definition) is 3. The maximum Gasteiger partial charge on any atom is 0.236 e. The summed E-state index contributed by atoms with van der Waals surface area (Å²) >= 11 is 0. The molecule has 1 rings (SSSR count). The topological polar surface area (TPSA) is 45.5 Å². The van der Waals surface area contributed by atoms with E-state index >= 15 is 0 Å². The van der Waals surface area contributed by atoms with Crippen LogP contribution in [-0.4, -0.2) is 30.4 Å². The summed E-state index contributed by atoms with van der Waals surface area (Å²) in [6.45, 7) is 3.75. The lowest BCUT2D eigenvalue weighted by molar-refractivity contribution is -0.130. The van der Waals surface area contributed by atoms with Crippen molar-refractivity contribution in [1.29, 1.82) is 0 Å². The fraction of sp³-hybridized carbons (Fsp3) is 0.417. The van der Waals surface area contributed by atoms with Crippen LogP contribution in [0.2, 0.25) is 0 Å². The van der Waals surface area contributed by atoms with E-state index in [1.807, 2.05) is 19.1 Å². The molecule has 1 aromatic heterocycles. The van der Waals surface area contributed by atoms with Crippen molar-refractivity contribution in [3.05, 3.63) is 24.2 Å². The smallest absolute Gasteiger partial charge is 0.236 e. The number of hydrogen-bond donors (Lipinski definition) is 1. The maximum absolute atomic E-state index is 11.7. The largest absolute Gasteiger partial charge is 0.467 e. The Morgan fingerprint density at radius 2 is 2.50 bits per heavy atom. The number of nitrogens with zero attached hydrogens (tertiary/aromatic N) is 1. The number of terminal acetylenes is 1. The highest BCUT2D eigenvalue weighted by molar-refractivity contribution is 5.78. The second kappa shape index (κ2) is 6.70. The van der Waals surface area contributed by atoms with Crippen LogP contribution in [0.5, 0.6) is 0 Å². The Kier molecular flexibility index (Phi) is 5.17. The van der Waals surface area contributed by atoms with Crippen LogP contribution >= 0.6 is 0 Å². The molecule has 0 atom stereocenters. The van der Waals surface area contributed by atoms with Crippen molar-refractivity contribution in [2.24, 2.45) is 0 Å². The average Bonchev–Trinajstić information content (AvgIpc) is 2.78. The fourth-order valence-corrected chi connectivity index (χ4v) is 1.32. The van der Waals surface area contributed by atoms with E-state index in [9.17, 15) is 4.79 Å². The van der Waals surface area contributed by atoms with Gasteiger partial charge < -0.3 is 9.32 Å². The zero-order valence-electron chi connectivity index (χ0n) is 9.40. The van der Waals surface area contributed by atoms with Gasteiger partial charge in [0.2, 0.25) is 5.91 Å². The van der Waals surface area contributed by atoms with Crippen LogP contribution < -0.4 is 5.32 Å². The third-order valence-electron chi connectivity index (χ3n) is 2.16. The van der Waals surface area contributed by atoms with Crippen molar-refractivity contribution >= 4 is 5.91 Å². The summed E-state index contributed by atoms with van der Waals surface area (Å²) in [5.41, 5.74) is 0. The van der Waals surface area contributed by atoms with Gasteiger partial charge in [0.15, 0.2) is 0 Å². The zero-order chi connectivity index (χ0) is 11.8. The van der Waals surface area contributed by atoms with Crippen molar-refractivity contribution in [3.63, 3.8) is 0 Å². The number of nitrogens with one attached hydrogen (secondary N) is 1. The van der Waals surface area contributed by atoms with Gasteiger partial charge in [-0.15, -0.1) is 6.42 Å². The van der Waals surface area contributed by atoms with Crippen LogP contribution in [0.15, 0.2) is 22.8 Å². The Hall–Kier alpha value is -1.73. The van der Waals surface area contributed by atoms with Crippen molar-refractivity contribution in [2.75, 3.05) is 19.6 Å². The number of amides is 1. The molecule has 1 amide bonds. The van der Waals surface area contributed by atoms with Gasteiger partial charge in [-0.25, -0.2) is 0 Å². The van der Waals surface area contributed by atoms with Gasteiger partial charge in [-0.1, -0.05) is 5.92 Å². The molecule has 1 N–H and O–H groups in total. The van der Waals surface area contributed by atoms with E-state index < -0.39 is 0 Å². The highest BCUT2D eigenvalue weighted by Gasteiger charge is 2.12. The molecule has 0 aliphatic rings. The molecule has 0 bridgehead atoms. The fourth-order valence-electron chi connectivity index (χ4n) is 1.32. The number of furan rings is 1. The third kappa shape index (κ3) is 3.79. The maximum atomic E-state index is 11.7. The number of rotatable bonds is 6. The number of likely N-dealkylation sites (N-methyl/N-ethyl adjacent to an activating group) is 1. The monoisotopic (exact) mass is 220 g/mol. The first-order valence-electron chi connectivity index (χ1n) is 5.22. The second-order valence-electron chi connectivity index (χ2n) is 3.29. The highest BCUT2D eigenvalue weighted by atomic mass is 16.3. The molecule has 0 aromatic carbocycles. The van der Waals surface area contributed by atoms with Gasteiger partial charge in [0.05, 0.1) is 25.9 Å². The van der Waals surface area contributed by atoms with E-state index in [0.717, 1.165) is 5.76 Å². The van der Waals surface area contributed by atoms with Gasteiger partial charge in [-0.05, 0) is 19.1 Å². The molecule has 0 aliphatic carbocycles. The van der Waals surface area contributed by atoms with Gasteiger partial charge in [0.1, 0.15) is 5.76 Å². The molecular formula is C12H16N2O2. The van der Waals surface area contributed by atoms with E-state index in [-0.39, 0.29) is 12.5 Å². The van der Waals surface area contributed by atoms with Crippen LogP contribution in [0, 0.1) is 12.3 Å². The SMILES string of the molecule is C#CCNCC(=O)N(CC)Cc1ccco1. The summed E-state index contributed by atoms with van der Waals surface area (Å²) in [5.74, 6) is 3.23. The van der Waals surface area contributed by atoms with Gasteiger partial charge >= 0.3 is 0 Å². The van der Waals surface area contributed by atoms with Crippen LogP contribution in [0.25, 0.3) is 0 Å². The Labute approximate surface area is 95.6 Å². The van der Waals surface area contributed by atoms with E-state index in [4.69, 9.17) is 10.8 Å². The molecule has 1 heterocycles. The van der Waals surface area contributed by atoms with E-state index in [1.54, 1.807) is 11.2 Å². The van der Waals surface area contributed by atoms with Crippen LogP contribution in [-0.2, 0) is 11.3 Å². The molecule has 0 unspecified atom stereocenters. The first-order chi connectivity index (χ1) is 7.77.